The number of amides is 1. The van der Waals surface area contributed by atoms with Crippen molar-refractivity contribution in [3.63, 3.8) is 0 Å². The molecule has 17 heavy (non-hydrogen) atoms. The van der Waals surface area contributed by atoms with Gasteiger partial charge in [-0.2, -0.15) is 0 Å². The van der Waals surface area contributed by atoms with Crippen molar-refractivity contribution in [3.05, 3.63) is 29.6 Å². The van der Waals surface area contributed by atoms with Crippen molar-refractivity contribution in [2.45, 2.75) is 46.3 Å². The number of pyridine rings is 1. The van der Waals surface area contributed by atoms with E-state index < -0.39 is 11.7 Å². The monoisotopic (exact) mass is 236 g/mol. The number of alkyl carbamates (subject to hydrolysis) is 1. The molecule has 0 radical (unpaired) electrons. The molecule has 0 saturated heterocycles. The highest BCUT2D eigenvalue weighted by molar-refractivity contribution is 5.67. The van der Waals surface area contributed by atoms with E-state index in [2.05, 4.69) is 10.3 Å². The quantitative estimate of drug-likeness (QED) is 0.877. The number of hydrogen-bond donors (Lipinski definition) is 1. The van der Waals surface area contributed by atoms with Crippen LogP contribution < -0.4 is 5.32 Å². The van der Waals surface area contributed by atoms with Crippen molar-refractivity contribution in [2.75, 3.05) is 0 Å². The molecule has 0 saturated carbocycles. The van der Waals surface area contributed by atoms with Gasteiger partial charge >= 0.3 is 6.09 Å². The van der Waals surface area contributed by atoms with Crippen LogP contribution >= 0.6 is 0 Å². The summed E-state index contributed by atoms with van der Waals surface area (Å²) in [6, 6.07) is 3.87. The number of hydrogen-bond acceptors (Lipinski definition) is 3. The maximum atomic E-state index is 11.4. The van der Waals surface area contributed by atoms with Gasteiger partial charge in [-0.15, -0.1) is 0 Å². The molecule has 0 aliphatic carbocycles. The highest BCUT2D eigenvalue weighted by atomic mass is 16.6. The van der Waals surface area contributed by atoms with Crippen LogP contribution in [0.5, 0.6) is 0 Å². The van der Waals surface area contributed by atoms with Crippen LogP contribution in [-0.4, -0.2) is 16.7 Å². The third kappa shape index (κ3) is 5.33. The predicted molar refractivity (Wildman–Crippen MR) is 66.7 cm³/mol. The molecule has 0 spiro atoms. The minimum absolute atomic E-state index is 0.396. The summed E-state index contributed by atoms with van der Waals surface area (Å²) in [5, 5.41) is 2.72. The van der Waals surface area contributed by atoms with E-state index in [1.54, 1.807) is 6.20 Å². The molecule has 1 N–H and O–H groups in total. The molecule has 0 aromatic carbocycles. The Morgan fingerprint density at radius 2 is 2.18 bits per heavy atom. The summed E-state index contributed by atoms with van der Waals surface area (Å²) in [6.45, 7) is 8.04. The molecule has 0 unspecified atom stereocenters. The summed E-state index contributed by atoms with van der Waals surface area (Å²) in [4.78, 5) is 15.6. The number of nitrogens with one attached hydrogen (secondary N) is 1. The van der Waals surface area contributed by atoms with Gasteiger partial charge in [0.15, 0.2) is 0 Å². The number of nitrogens with zero attached hydrogens (tertiary/aromatic N) is 1. The van der Waals surface area contributed by atoms with Gasteiger partial charge in [0.2, 0.25) is 0 Å². The third-order valence-electron chi connectivity index (χ3n) is 2.08. The van der Waals surface area contributed by atoms with E-state index in [-0.39, 0.29) is 0 Å². The Morgan fingerprint density at radius 1 is 1.47 bits per heavy atom. The van der Waals surface area contributed by atoms with Crippen LogP contribution in [0, 0.1) is 0 Å². The fourth-order valence-corrected chi connectivity index (χ4v) is 1.32. The zero-order valence-electron chi connectivity index (χ0n) is 10.9. The van der Waals surface area contributed by atoms with E-state index in [4.69, 9.17) is 4.74 Å². The molecule has 1 amide bonds. The summed E-state index contributed by atoms with van der Waals surface area (Å²) >= 11 is 0. The zero-order chi connectivity index (χ0) is 12.9. The highest BCUT2D eigenvalue weighted by Gasteiger charge is 2.15. The summed E-state index contributed by atoms with van der Waals surface area (Å²) in [5.41, 5.74) is 1.59. The molecular weight excluding hydrogens is 216 g/mol. The molecule has 0 bridgehead atoms. The molecule has 0 atom stereocenters. The van der Waals surface area contributed by atoms with Crippen molar-refractivity contribution >= 4 is 6.09 Å². The first-order valence-corrected chi connectivity index (χ1v) is 5.81. The Hall–Kier alpha value is -1.58. The standard InChI is InChI=1S/C13H20N2O2/c1-5-11-8-10(6-7-14-11)9-15-12(16)17-13(2,3)4/h6-8H,5,9H2,1-4H3,(H,15,16). The van der Waals surface area contributed by atoms with E-state index in [9.17, 15) is 4.79 Å². The summed E-state index contributed by atoms with van der Waals surface area (Å²) < 4.78 is 5.15. The maximum Gasteiger partial charge on any atom is 0.407 e. The van der Waals surface area contributed by atoms with Gasteiger partial charge in [0, 0.05) is 18.4 Å². The second kappa shape index (κ2) is 5.66. The zero-order valence-corrected chi connectivity index (χ0v) is 10.9. The summed E-state index contributed by atoms with van der Waals surface area (Å²) in [5.74, 6) is 0. The van der Waals surface area contributed by atoms with Crippen LogP contribution in [0.4, 0.5) is 4.79 Å². The smallest absolute Gasteiger partial charge is 0.407 e. The minimum atomic E-state index is -0.461. The molecule has 0 aliphatic rings. The average Bonchev–Trinajstić information content (AvgIpc) is 2.24. The van der Waals surface area contributed by atoms with Crippen LogP contribution in [0.15, 0.2) is 18.3 Å². The fourth-order valence-electron chi connectivity index (χ4n) is 1.32. The van der Waals surface area contributed by atoms with Crippen LogP contribution in [0.1, 0.15) is 39.0 Å². The van der Waals surface area contributed by atoms with Crippen LogP contribution in [-0.2, 0) is 17.7 Å². The van der Waals surface area contributed by atoms with Gasteiger partial charge in [-0.25, -0.2) is 4.79 Å². The molecule has 4 nitrogen and oxygen atoms in total. The summed E-state index contributed by atoms with van der Waals surface area (Å²) in [6.07, 6.45) is 2.25. The largest absolute Gasteiger partial charge is 0.444 e. The third-order valence-corrected chi connectivity index (χ3v) is 2.08. The predicted octanol–water partition coefficient (Wildman–Crippen LogP) is 2.67. The number of rotatable bonds is 3. The lowest BCUT2D eigenvalue weighted by atomic mass is 10.2. The lowest BCUT2D eigenvalue weighted by molar-refractivity contribution is 0.0523. The van der Waals surface area contributed by atoms with E-state index in [0.717, 1.165) is 17.7 Å². The van der Waals surface area contributed by atoms with Gasteiger partial charge < -0.3 is 10.1 Å². The van der Waals surface area contributed by atoms with E-state index >= 15 is 0 Å². The Labute approximate surface area is 102 Å². The first-order valence-electron chi connectivity index (χ1n) is 5.81. The highest BCUT2D eigenvalue weighted by Crippen LogP contribution is 2.07. The van der Waals surface area contributed by atoms with Crippen molar-refractivity contribution in [2.24, 2.45) is 0 Å². The average molecular weight is 236 g/mol. The minimum Gasteiger partial charge on any atom is -0.444 e. The number of aromatic nitrogens is 1. The van der Waals surface area contributed by atoms with Crippen LogP contribution in [0.25, 0.3) is 0 Å². The summed E-state index contributed by atoms with van der Waals surface area (Å²) in [7, 11) is 0. The fraction of sp³-hybridized carbons (Fsp3) is 0.538. The van der Waals surface area contributed by atoms with E-state index in [1.165, 1.54) is 0 Å². The van der Waals surface area contributed by atoms with Crippen molar-refractivity contribution in [1.82, 2.24) is 10.3 Å². The number of carbonyl (C=O) groups excluding carboxylic acids is 1. The molecule has 1 heterocycles. The van der Waals surface area contributed by atoms with Crippen molar-refractivity contribution in [3.8, 4) is 0 Å². The Balaban J connectivity index is 2.47. The lowest BCUT2D eigenvalue weighted by Gasteiger charge is -2.19. The molecule has 1 aromatic heterocycles. The van der Waals surface area contributed by atoms with E-state index in [1.807, 2.05) is 39.8 Å². The first kappa shape index (κ1) is 13.5. The number of carbonyl (C=O) groups is 1. The van der Waals surface area contributed by atoms with Crippen molar-refractivity contribution < 1.29 is 9.53 Å². The van der Waals surface area contributed by atoms with Crippen LogP contribution in [0.2, 0.25) is 0 Å². The maximum absolute atomic E-state index is 11.4. The molecule has 1 aromatic rings. The molecule has 0 aliphatic heterocycles. The second-order valence-electron chi connectivity index (χ2n) is 4.86. The molecule has 1 rings (SSSR count). The van der Waals surface area contributed by atoms with Crippen LogP contribution in [0.3, 0.4) is 0 Å². The van der Waals surface area contributed by atoms with Gasteiger partial charge in [0.1, 0.15) is 5.60 Å². The Bertz CT molecular complexity index is 383. The lowest BCUT2D eigenvalue weighted by Crippen LogP contribution is -2.32. The van der Waals surface area contributed by atoms with Crippen molar-refractivity contribution in [1.29, 1.82) is 0 Å². The molecule has 94 valence electrons. The molecule has 4 heteroatoms. The Morgan fingerprint density at radius 3 is 2.76 bits per heavy atom. The van der Waals surface area contributed by atoms with Gasteiger partial charge in [-0.05, 0) is 44.9 Å². The van der Waals surface area contributed by atoms with Gasteiger partial charge in [0.05, 0.1) is 0 Å². The van der Waals surface area contributed by atoms with Gasteiger partial charge in [-0.1, -0.05) is 6.92 Å². The molecule has 0 fully saturated rings. The Kier molecular flexibility index (Phi) is 4.49. The topological polar surface area (TPSA) is 51.2 Å². The van der Waals surface area contributed by atoms with Gasteiger partial charge in [0.25, 0.3) is 0 Å². The number of ether oxygens (including phenoxy) is 1. The number of aryl methyl sites for hydroxylation is 1. The SMILES string of the molecule is CCc1cc(CNC(=O)OC(C)(C)C)ccn1. The normalized spacial score (nSPS) is 11.1. The second-order valence-corrected chi connectivity index (χ2v) is 4.86. The molecular formula is C13H20N2O2. The first-order chi connectivity index (χ1) is 7.90. The van der Waals surface area contributed by atoms with Gasteiger partial charge in [-0.3, -0.25) is 4.98 Å². The van der Waals surface area contributed by atoms with E-state index in [0.29, 0.717) is 6.54 Å².